The monoisotopic (exact) mass is 303 g/mol. The largest absolute Gasteiger partial charge is 0.387 e. The van der Waals surface area contributed by atoms with E-state index in [9.17, 15) is 5.11 Å². The van der Waals surface area contributed by atoms with Crippen molar-refractivity contribution in [1.82, 2.24) is 4.98 Å². The zero-order valence-electron chi connectivity index (χ0n) is 14.2. The van der Waals surface area contributed by atoms with Gasteiger partial charge in [-0.15, -0.1) is 0 Å². The normalized spacial score (nSPS) is 21.4. The van der Waals surface area contributed by atoms with E-state index in [1.54, 1.807) is 0 Å². The van der Waals surface area contributed by atoms with Crippen LogP contribution in [0.3, 0.4) is 0 Å². The highest BCUT2D eigenvalue weighted by Gasteiger charge is 2.27. The Morgan fingerprint density at radius 3 is 2.59 bits per heavy atom. The Bertz CT molecular complexity index is 545. The summed E-state index contributed by atoms with van der Waals surface area (Å²) >= 11 is 0. The second kappa shape index (κ2) is 6.29. The number of pyridine rings is 1. The van der Waals surface area contributed by atoms with Crippen LogP contribution in [0.1, 0.15) is 80.6 Å². The Morgan fingerprint density at radius 2 is 1.82 bits per heavy atom. The Morgan fingerprint density at radius 1 is 1.09 bits per heavy atom. The van der Waals surface area contributed by atoms with Crippen LogP contribution in [-0.2, 0) is 30.4 Å². The number of fused-ring (bicyclic) bond motifs is 2. The molecule has 0 saturated heterocycles. The molecule has 0 aliphatic heterocycles. The number of nitrogens with zero attached hydrogens (tertiary/aromatic N) is 1. The van der Waals surface area contributed by atoms with Crippen LogP contribution in [-0.4, -0.2) is 22.3 Å². The van der Waals surface area contributed by atoms with E-state index in [4.69, 9.17) is 9.72 Å². The minimum atomic E-state index is -0.363. The van der Waals surface area contributed by atoms with Gasteiger partial charge >= 0.3 is 0 Å². The first kappa shape index (κ1) is 15.9. The maximum atomic E-state index is 10.3. The van der Waals surface area contributed by atoms with E-state index >= 15 is 0 Å². The van der Waals surface area contributed by atoms with Gasteiger partial charge in [0.25, 0.3) is 0 Å². The number of rotatable bonds is 3. The summed E-state index contributed by atoms with van der Waals surface area (Å²) in [5.74, 6) is 0. The molecule has 3 nitrogen and oxygen atoms in total. The number of ether oxygens (including phenoxy) is 1. The van der Waals surface area contributed by atoms with E-state index in [1.165, 1.54) is 35.2 Å². The number of hydrogen-bond acceptors (Lipinski definition) is 3. The zero-order valence-corrected chi connectivity index (χ0v) is 14.2. The molecular formula is C19H29NO2. The molecule has 1 aromatic rings. The lowest BCUT2D eigenvalue weighted by Gasteiger charge is -2.29. The quantitative estimate of drug-likeness (QED) is 0.926. The van der Waals surface area contributed by atoms with Crippen molar-refractivity contribution in [3.8, 4) is 0 Å². The molecule has 0 amide bonds. The maximum Gasteiger partial charge on any atom is 0.0962 e. The second-order valence-electron chi connectivity index (χ2n) is 7.71. The molecule has 1 unspecified atom stereocenters. The van der Waals surface area contributed by atoms with Crippen LogP contribution in [0, 0.1) is 0 Å². The molecule has 0 saturated carbocycles. The molecule has 2 aliphatic rings. The Kier molecular flexibility index (Phi) is 4.56. The molecule has 3 heteroatoms. The van der Waals surface area contributed by atoms with Crippen LogP contribution < -0.4 is 0 Å². The van der Waals surface area contributed by atoms with E-state index in [0.29, 0.717) is 0 Å². The first-order chi connectivity index (χ1) is 10.5. The molecule has 0 bridgehead atoms. The van der Waals surface area contributed by atoms with Gasteiger partial charge in [0.15, 0.2) is 0 Å². The summed E-state index contributed by atoms with van der Waals surface area (Å²) < 4.78 is 5.96. The molecule has 0 radical (unpaired) electrons. The lowest BCUT2D eigenvalue weighted by Crippen LogP contribution is -2.24. The van der Waals surface area contributed by atoms with Gasteiger partial charge < -0.3 is 9.84 Å². The van der Waals surface area contributed by atoms with Crippen molar-refractivity contribution in [2.24, 2.45) is 0 Å². The molecule has 0 aromatic carbocycles. The molecule has 0 fully saturated rings. The maximum absolute atomic E-state index is 10.3. The average Bonchev–Trinajstić information content (AvgIpc) is 2.46. The Labute approximate surface area is 134 Å². The molecule has 1 aromatic heterocycles. The summed E-state index contributed by atoms with van der Waals surface area (Å²) in [5, 5.41) is 10.3. The van der Waals surface area contributed by atoms with Crippen molar-refractivity contribution < 1.29 is 9.84 Å². The lowest BCUT2D eigenvalue weighted by molar-refractivity contribution is -0.00119. The Hall–Kier alpha value is -0.930. The number of aliphatic hydroxyl groups is 1. The second-order valence-corrected chi connectivity index (χ2v) is 7.71. The van der Waals surface area contributed by atoms with Crippen LogP contribution in [0.2, 0.25) is 0 Å². The summed E-state index contributed by atoms with van der Waals surface area (Å²) in [4.78, 5) is 4.86. The first-order valence-electron chi connectivity index (χ1n) is 8.81. The van der Waals surface area contributed by atoms with Crippen molar-refractivity contribution in [3.63, 3.8) is 0 Å². The standard InChI is InChI=1S/C19H29NO2/c1-19(2,3)22-12-11-13-14-7-4-5-9-16(14)20-18-15(13)8-6-10-17(18)21/h17,21H,4-12H2,1-3H3. The van der Waals surface area contributed by atoms with Crippen molar-refractivity contribution in [2.45, 2.75) is 83.8 Å². The molecule has 1 atom stereocenters. The van der Waals surface area contributed by atoms with Crippen LogP contribution >= 0.6 is 0 Å². The third-order valence-electron chi connectivity index (χ3n) is 4.84. The van der Waals surface area contributed by atoms with Crippen LogP contribution in [0.4, 0.5) is 0 Å². The molecule has 0 spiro atoms. The first-order valence-corrected chi connectivity index (χ1v) is 8.81. The highest BCUT2D eigenvalue weighted by Crippen LogP contribution is 2.35. The minimum Gasteiger partial charge on any atom is -0.387 e. The SMILES string of the molecule is CC(C)(C)OCCc1c2c(nc3c1CCCC3O)CCCC2. The zero-order chi connectivity index (χ0) is 15.7. The number of aryl methyl sites for hydroxylation is 1. The summed E-state index contributed by atoms with van der Waals surface area (Å²) in [5.41, 5.74) is 6.37. The average molecular weight is 303 g/mol. The predicted molar refractivity (Wildman–Crippen MR) is 88.2 cm³/mol. The summed E-state index contributed by atoms with van der Waals surface area (Å²) in [6, 6.07) is 0. The van der Waals surface area contributed by atoms with Gasteiger partial charge in [-0.25, -0.2) is 0 Å². The van der Waals surface area contributed by atoms with E-state index in [-0.39, 0.29) is 11.7 Å². The van der Waals surface area contributed by atoms with Crippen molar-refractivity contribution in [3.05, 3.63) is 28.1 Å². The van der Waals surface area contributed by atoms with Gasteiger partial charge in [0.05, 0.1) is 24.0 Å². The van der Waals surface area contributed by atoms with Crippen molar-refractivity contribution >= 4 is 0 Å². The topological polar surface area (TPSA) is 42.4 Å². The minimum absolute atomic E-state index is 0.0906. The number of aliphatic hydroxyl groups excluding tert-OH is 1. The van der Waals surface area contributed by atoms with Gasteiger partial charge in [0.1, 0.15) is 0 Å². The van der Waals surface area contributed by atoms with Gasteiger partial charge in [-0.2, -0.15) is 0 Å². The molecule has 2 aliphatic carbocycles. The highest BCUT2D eigenvalue weighted by molar-refractivity contribution is 5.44. The van der Waals surface area contributed by atoms with Gasteiger partial charge in [0.2, 0.25) is 0 Å². The summed E-state index contributed by atoms with van der Waals surface area (Å²) in [7, 11) is 0. The molecule has 3 rings (SSSR count). The van der Waals surface area contributed by atoms with Crippen LogP contribution in [0.25, 0.3) is 0 Å². The highest BCUT2D eigenvalue weighted by atomic mass is 16.5. The van der Waals surface area contributed by atoms with E-state index in [0.717, 1.165) is 50.8 Å². The molecule has 1 N–H and O–H groups in total. The number of hydrogen-bond donors (Lipinski definition) is 1. The van der Waals surface area contributed by atoms with Crippen molar-refractivity contribution in [1.29, 1.82) is 0 Å². The fraction of sp³-hybridized carbons (Fsp3) is 0.737. The van der Waals surface area contributed by atoms with Crippen molar-refractivity contribution in [2.75, 3.05) is 6.61 Å². The molecule has 1 heterocycles. The predicted octanol–water partition coefficient (Wildman–Crippen LogP) is 3.69. The molecule has 22 heavy (non-hydrogen) atoms. The van der Waals surface area contributed by atoms with Gasteiger partial charge in [-0.3, -0.25) is 4.98 Å². The fourth-order valence-electron chi connectivity index (χ4n) is 3.81. The van der Waals surface area contributed by atoms with Crippen LogP contribution in [0.15, 0.2) is 0 Å². The summed E-state index contributed by atoms with van der Waals surface area (Å²) in [6.07, 6.45) is 8.31. The molecule has 122 valence electrons. The van der Waals surface area contributed by atoms with Gasteiger partial charge in [0, 0.05) is 5.69 Å². The summed E-state index contributed by atoms with van der Waals surface area (Å²) in [6.45, 7) is 7.07. The van der Waals surface area contributed by atoms with Crippen LogP contribution in [0.5, 0.6) is 0 Å². The third kappa shape index (κ3) is 3.36. The van der Waals surface area contributed by atoms with E-state index in [2.05, 4.69) is 20.8 Å². The lowest BCUT2D eigenvalue weighted by atomic mass is 9.82. The number of aromatic nitrogens is 1. The smallest absolute Gasteiger partial charge is 0.0962 e. The Balaban J connectivity index is 1.93. The third-order valence-corrected chi connectivity index (χ3v) is 4.84. The van der Waals surface area contributed by atoms with E-state index in [1.807, 2.05) is 0 Å². The fourth-order valence-corrected chi connectivity index (χ4v) is 3.81. The van der Waals surface area contributed by atoms with Gasteiger partial charge in [-0.1, -0.05) is 0 Å². The molecular weight excluding hydrogens is 274 g/mol. The van der Waals surface area contributed by atoms with E-state index < -0.39 is 0 Å². The van der Waals surface area contributed by atoms with Gasteiger partial charge in [-0.05, 0) is 88.8 Å².